The lowest BCUT2D eigenvalue weighted by molar-refractivity contribution is -0.136. The van der Waals surface area contributed by atoms with Gasteiger partial charge in [0.15, 0.2) is 0 Å². The summed E-state index contributed by atoms with van der Waals surface area (Å²) >= 11 is 1.62. The highest BCUT2D eigenvalue weighted by Crippen LogP contribution is 2.25. The van der Waals surface area contributed by atoms with Gasteiger partial charge in [-0.1, -0.05) is 0 Å². The van der Waals surface area contributed by atoms with Crippen molar-refractivity contribution in [3.63, 3.8) is 0 Å². The van der Waals surface area contributed by atoms with E-state index in [1.54, 1.807) is 24.8 Å². The van der Waals surface area contributed by atoms with Crippen LogP contribution in [0, 0.1) is 0 Å². The van der Waals surface area contributed by atoms with Crippen molar-refractivity contribution in [2.75, 3.05) is 32.1 Å². The lowest BCUT2D eigenvalue weighted by Gasteiger charge is -2.32. The van der Waals surface area contributed by atoms with Crippen molar-refractivity contribution in [3.8, 4) is 0 Å². The van der Waals surface area contributed by atoms with Crippen molar-refractivity contribution in [1.29, 1.82) is 0 Å². The van der Waals surface area contributed by atoms with Gasteiger partial charge < -0.3 is 15.0 Å². The first kappa shape index (κ1) is 14.2. The zero-order chi connectivity index (χ0) is 14.7. The molecule has 1 amide bonds. The Balaban J connectivity index is 1.60. The Morgan fingerprint density at radius 3 is 3.05 bits per heavy atom. The minimum atomic E-state index is 0.0678. The van der Waals surface area contributed by atoms with E-state index < -0.39 is 0 Å². The average molecular weight is 306 g/mol. The number of methoxy groups -OCH3 is 1. The smallest absolute Gasteiger partial charge is 0.248 e. The van der Waals surface area contributed by atoms with E-state index in [4.69, 9.17) is 4.74 Å². The van der Waals surface area contributed by atoms with Crippen LogP contribution < -0.4 is 5.32 Å². The zero-order valence-electron chi connectivity index (χ0n) is 11.9. The Kier molecular flexibility index (Phi) is 4.31. The number of anilines is 1. The molecule has 0 radical (unpaired) electrons. The number of hydrogen-bond acceptors (Lipinski definition) is 6. The highest BCUT2D eigenvalue weighted by Gasteiger charge is 2.23. The molecule has 0 bridgehead atoms. The van der Waals surface area contributed by atoms with Crippen LogP contribution in [0.5, 0.6) is 0 Å². The van der Waals surface area contributed by atoms with Crippen molar-refractivity contribution in [1.82, 2.24) is 14.9 Å². The van der Waals surface area contributed by atoms with Crippen molar-refractivity contribution in [2.24, 2.45) is 0 Å². The number of nitrogens with one attached hydrogen (secondary N) is 1. The molecule has 7 heteroatoms. The fourth-order valence-corrected chi connectivity index (χ4v) is 3.32. The molecule has 0 aromatic carbocycles. The molecule has 1 aliphatic rings. The third-order valence-electron chi connectivity index (χ3n) is 3.72. The molecule has 1 saturated heterocycles. The van der Waals surface area contributed by atoms with Crippen molar-refractivity contribution >= 4 is 33.3 Å². The van der Waals surface area contributed by atoms with Crippen LogP contribution in [0.15, 0.2) is 17.8 Å². The molecule has 112 valence electrons. The van der Waals surface area contributed by atoms with E-state index in [9.17, 15) is 4.79 Å². The van der Waals surface area contributed by atoms with E-state index in [1.807, 2.05) is 16.3 Å². The fourth-order valence-electron chi connectivity index (χ4n) is 2.59. The first-order chi connectivity index (χ1) is 10.3. The molecule has 2 aromatic heterocycles. The maximum Gasteiger partial charge on any atom is 0.248 e. The third-order valence-corrected chi connectivity index (χ3v) is 4.54. The van der Waals surface area contributed by atoms with Crippen LogP contribution >= 0.6 is 11.3 Å². The predicted molar refractivity (Wildman–Crippen MR) is 82.5 cm³/mol. The molecule has 0 atom stereocenters. The molecule has 0 aliphatic carbocycles. The number of piperidine rings is 1. The monoisotopic (exact) mass is 306 g/mol. The second kappa shape index (κ2) is 6.36. The molecule has 1 N–H and O–H groups in total. The Hall–Kier alpha value is -1.73. The summed E-state index contributed by atoms with van der Waals surface area (Å²) in [6, 6.07) is 2.38. The maximum absolute atomic E-state index is 11.8. The number of nitrogens with zero attached hydrogens (tertiary/aromatic N) is 3. The molecule has 3 rings (SSSR count). The number of ether oxygens (including phenoxy) is 1. The number of amides is 1. The molecule has 3 heterocycles. The van der Waals surface area contributed by atoms with Gasteiger partial charge in [0.2, 0.25) is 5.91 Å². The Morgan fingerprint density at radius 1 is 1.48 bits per heavy atom. The summed E-state index contributed by atoms with van der Waals surface area (Å²) in [5, 5.41) is 6.58. The van der Waals surface area contributed by atoms with Gasteiger partial charge in [0.05, 0.1) is 5.39 Å². The minimum Gasteiger partial charge on any atom is -0.375 e. The number of hydrogen-bond donors (Lipinski definition) is 1. The highest BCUT2D eigenvalue weighted by atomic mass is 32.1. The molecule has 21 heavy (non-hydrogen) atoms. The molecular weight excluding hydrogens is 288 g/mol. The minimum absolute atomic E-state index is 0.0678. The van der Waals surface area contributed by atoms with Gasteiger partial charge in [0.1, 0.15) is 23.6 Å². The molecule has 6 nitrogen and oxygen atoms in total. The third kappa shape index (κ3) is 3.14. The second-order valence-electron chi connectivity index (χ2n) is 5.09. The number of rotatable bonds is 4. The maximum atomic E-state index is 11.8. The number of carbonyl (C=O) groups is 1. The number of thiophene rings is 1. The summed E-state index contributed by atoms with van der Waals surface area (Å²) in [7, 11) is 1.55. The van der Waals surface area contributed by atoms with Crippen LogP contribution in [-0.4, -0.2) is 53.6 Å². The SMILES string of the molecule is COCC(=O)N1CCC(Nc2ncnc3sccc23)CC1. The largest absolute Gasteiger partial charge is 0.375 e. The van der Waals surface area contributed by atoms with Crippen LogP contribution in [0.2, 0.25) is 0 Å². The van der Waals surface area contributed by atoms with Gasteiger partial charge in [-0.2, -0.15) is 0 Å². The number of likely N-dealkylation sites (tertiary alicyclic amines) is 1. The Bertz CT molecular complexity index is 622. The zero-order valence-corrected chi connectivity index (χ0v) is 12.7. The van der Waals surface area contributed by atoms with Crippen LogP contribution in [-0.2, 0) is 9.53 Å². The van der Waals surface area contributed by atoms with E-state index in [0.717, 1.165) is 42.0 Å². The van der Waals surface area contributed by atoms with Gasteiger partial charge in [-0.3, -0.25) is 4.79 Å². The van der Waals surface area contributed by atoms with Gasteiger partial charge in [-0.25, -0.2) is 9.97 Å². The first-order valence-electron chi connectivity index (χ1n) is 6.99. The number of fused-ring (bicyclic) bond motifs is 1. The Morgan fingerprint density at radius 2 is 2.29 bits per heavy atom. The highest BCUT2D eigenvalue weighted by molar-refractivity contribution is 7.16. The van der Waals surface area contributed by atoms with E-state index in [-0.39, 0.29) is 12.5 Å². The quantitative estimate of drug-likeness (QED) is 0.932. The van der Waals surface area contributed by atoms with Gasteiger partial charge in [0.25, 0.3) is 0 Å². The molecule has 0 spiro atoms. The van der Waals surface area contributed by atoms with E-state index >= 15 is 0 Å². The van der Waals surface area contributed by atoms with Gasteiger partial charge in [-0.05, 0) is 24.3 Å². The van der Waals surface area contributed by atoms with E-state index in [0.29, 0.717) is 6.04 Å². The first-order valence-corrected chi connectivity index (χ1v) is 7.87. The van der Waals surface area contributed by atoms with Crippen molar-refractivity contribution < 1.29 is 9.53 Å². The summed E-state index contributed by atoms with van der Waals surface area (Å²) in [4.78, 5) is 23.2. The lowest BCUT2D eigenvalue weighted by Crippen LogP contribution is -2.43. The van der Waals surface area contributed by atoms with Crippen LogP contribution in [0.4, 0.5) is 5.82 Å². The standard InChI is InChI=1S/C14H18N4O2S/c1-20-8-12(19)18-5-2-10(3-6-18)17-13-11-4-7-21-14(11)16-9-15-13/h4,7,9-10H,2-3,5-6,8H2,1H3,(H,15,16,17). The molecule has 1 fully saturated rings. The topological polar surface area (TPSA) is 67.3 Å². The summed E-state index contributed by atoms with van der Waals surface area (Å²) in [6.07, 6.45) is 3.44. The van der Waals surface area contributed by atoms with Crippen molar-refractivity contribution in [2.45, 2.75) is 18.9 Å². The molecule has 0 unspecified atom stereocenters. The molecule has 2 aromatic rings. The fraction of sp³-hybridized carbons (Fsp3) is 0.500. The van der Waals surface area contributed by atoms with Crippen molar-refractivity contribution in [3.05, 3.63) is 17.8 Å². The Labute approximate surface area is 127 Å². The predicted octanol–water partition coefficient (Wildman–Crippen LogP) is 1.74. The number of aromatic nitrogens is 2. The van der Waals surface area contributed by atoms with Crippen LogP contribution in [0.1, 0.15) is 12.8 Å². The van der Waals surface area contributed by atoms with E-state index in [2.05, 4.69) is 15.3 Å². The average Bonchev–Trinajstić information content (AvgIpc) is 2.98. The summed E-state index contributed by atoms with van der Waals surface area (Å²) in [5.74, 6) is 0.959. The van der Waals surface area contributed by atoms with Gasteiger partial charge >= 0.3 is 0 Å². The normalized spacial score (nSPS) is 16.3. The molecule has 1 aliphatic heterocycles. The summed E-state index contributed by atoms with van der Waals surface area (Å²) in [5.41, 5.74) is 0. The lowest BCUT2D eigenvalue weighted by atomic mass is 10.0. The molecular formula is C14H18N4O2S. The van der Waals surface area contributed by atoms with Crippen LogP contribution in [0.25, 0.3) is 10.2 Å². The summed E-state index contributed by atoms with van der Waals surface area (Å²) in [6.45, 7) is 1.69. The van der Waals surface area contributed by atoms with E-state index in [1.165, 1.54) is 0 Å². The second-order valence-corrected chi connectivity index (χ2v) is 5.99. The number of carbonyl (C=O) groups excluding carboxylic acids is 1. The van der Waals surface area contributed by atoms with Gasteiger partial charge in [0, 0.05) is 26.2 Å². The molecule has 0 saturated carbocycles. The van der Waals surface area contributed by atoms with Crippen LogP contribution in [0.3, 0.4) is 0 Å². The van der Waals surface area contributed by atoms with Gasteiger partial charge in [-0.15, -0.1) is 11.3 Å². The summed E-state index contributed by atoms with van der Waals surface area (Å²) < 4.78 is 4.90.